The average molecular weight is 288 g/mol. The molecule has 1 aromatic carbocycles. The van der Waals surface area contributed by atoms with Crippen molar-refractivity contribution in [3.63, 3.8) is 0 Å². The Morgan fingerprint density at radius 2 is 1.62 bits per heavy atom. The molecule has 0 aromatic heterocycles. The Kier molecular flexibility index (Phi) is 4.82. The van der Waals surface area contributed by atoms with Crippen LogP contribution < -0.4 is 0 Å². The first kappa shape index (κ1) is 16.5. The van der Waals surface area contributed by atoms with Crippen LogP contribution in [0.15, 0.2) is 18.2 Å². The zero-order valence-corrected chi connectivity index (χ0v) is 14.5. The van der Waals surface area contributed by atoms with E-state index in [1.54, 1.807) is 0 Å². The highest BCUT2D eigenvalue weighted by Crippen LogP contribution is 2.47. The second kappa shape index (κ2) is 6.12. The fourth-order valence-corrected chi connectivity index (χ4v) is 3.99. The normalized spacial score (nSPS) is 26.9. The Morgan fingerprint density at radius 1 is 1.10 bits per heavy atom. The van der Waals surface area contributed by atoms with Gasteiger partial charge in [0.05, 0.1) is 0 Å². The van der Waals surface area contributed by atoms with Crippen LogP contribution in [0.4, 0.5) is 0 Å². The van der Waals surface area contributed by atoms with Crippen molar-refractivity contribution in [2.75, 3.05) is 6.61 Å². The maximum atomic E-state index is 10.1. The first-order valence-corrected chi connectivity index (χ1v) is 8.43. The minimum atomic E-state index is 0.110. The molecule has 0 unspecified atom stereocenters. The molecule has 0 bridgehead atoms. The van der Waals surface area contributed by atoms with E-state index in [2.05, 4.69) is 52.8 Å². The van der Waals surface area contributed by atoms with E-state index in [0.717, 1.165) is 12.3 Å². The van der Waals surface area contributed by atoms with E-state index in [9.17, 15) is 5.11 Å². The summed E-state index contributed by atoms with van der Waals surface area (Å²) in [4.78, 5) is 0. The molecule has 2 rings (SSSR count). The van der Waals surface area contributed by atoms with Crippen LogP contribution in [-0.4, -0.2) is 11.7 Å². The Bertz CT molecular complexity index is 453. The maximum Gasteiger partial charge on any atom is 0.0490 e. The summed E-state index contributed by atoms with van der Waals surface area (Å²) in [5, 5.41) is 10.1. The van der Waals surface area contributed by atoms with Crippen molar-refractivity contribution in [2.24, 2.45) is 16.7 Å². The van der Waals surface area contributed by atoms with E-state index in [1.807, 2.05) is 0 Å². The molecular formula is C20H32O. The summed E-state index contributed by atoms with van der Waals surface area (Å²) in [5.41, 5.74) is 4.72. The van der Waals surface area contributed by atoms with Crippen LogP contribution >= 0.6 is 0 Å². The molecule has 1 N–H and O–H groups in total. The van der Waals surface area contributed by atoms with Crippen molar-refractivity contribution in [3.05, 3.63) is 34.9 Å². The van der Waals surface area contributed by atoms with Gasteiger partial charge in [-0.25, -0.2) is 0 Å². The van der Waals surface area contributed by atoms with E-state index in [4.69, 9.17) is 0 Å². The zero-order valence-electron chi connectivity index (χ0n) is 14.5. The molecule has 1 fully saturated rings. The fourth-order valence-electron chi connectivity index (χ4n) is 3.99. The van der Waals surface area contributed by atoms with Crippen LogP contribution in [-0.2, 0) is 6.42 Å². The van der Waals surface area contributed by atoms with Crippen LogP contribution in [0.25, 0.3) is 0 Å². The maximum absolute atomic E-state index is 10.1. The molecule has 1 saturated carbocycles. The van der Waals surface area contributed by atoms with Gasteiger partial charge in [-0.15, -0.1) is 0 Å². The number of aryl methyl sites for hydroxylation is 2. The molecule has 1 aromatic rings. The topological polar surface area (TPSA) is 20.2 Å². The standard InChI is InChI=1S/C20H32O/c1-15-7-6-8-16(2)18(15)13-20(14-21)11-9-17(10-12-20)19(3,4)5/h6-8,17,21H,9-14H2,1-5H3. The molecule has 0 atom stereocenters. The highest BCUT2D eigenvalue weighted by molar-refractivity contribution is 5.34. The number of benzene rings is 1. The molecule has 21 heavy (non-hydrogen) atoms. The lowest BCUT2D eigenvalue weighted by Gasteiger charge is -2.43. The number of hydrogen-bond acceptors (Lipinski definition) is 1. The monoisotopic (exact) mass is 288 g/mol. The second-order valence-corrected chi connectivity index (χ2v) is 8.35. The van der Waals surface area contributed by atoms with Gasteiger partial charge < -0.3 is 5.11 Å². The zero-order chi connectivity index (χ0) is 15.7. The molecule has 0 amide bonds. The number of hydrogen-bond donors (Lipinski definition) is 1. The molecular weight excluding hydrogens is 256 g/mol. The van der Waals surface area contributed by atoms with Crippen molar-refractivity contribution in [2.45, 2.75) is 66.7 Å². The van der Waals surface area contributed by atoms with Gasteiger partial charge in [0.2, 0.25) is 0 Å². The molecule has 1 aliphatic carbocycles. The minimum absolute atomic E-state index is 0.110. The minimum Gasteiger partial charge on any atom is -0.396 e. The van der Waals surface area contributed by atoms with Crippen LogP contribution in [0.5, 0.6) is 0 Å². The summed E-state index contributed by atoms with van der Waals surface area (Å²) in [6.07, 6.45) is 5.89. The third kappa shape index (κ3) is 3.69. The van der Waals surface area contributed by atoms with Gasteiger partial charge in [0, 0.05) is 6.61 Å². The summed E-state index contributed by atoms with van der Waals surface area (Å²) < 4.78 is 0. The predicted molar refractivity (Wildman–Crippen MR) is 90.6 cm³/mol. The van der Waals surface area contributed by atoms with Crippen molar-refractivity contribution >= 4 is 0 Å². The van der Waals surface area contributed by atoms with Gasteiger partial charge in [0.1, 0.15) is 0 Å². The highest BCUT2D eigenvalue weighted by atomic mass is 16.3. The molecule has 0 heterocycles. The first-order chi connectivity index (χ1) is 9.77. The van der Waals surface area contributed by atoms with Crippen LogP contribution in [0.3, 0.4) is 0 Å². The Balaban J connectivity index is 2.14. The van der Waals surface area contributed by atoms with Crippen LogP contribution in [0, 0.1) is 30.6 Å². The summed E-state index contributed by atoms with van der Waals surface area (Å²) in [7, 11) is 0. The molecule has 1 aliphatic rings. The third-order valence-electron chi connectivity index (χ3n) is 5.80. The second-order valence-electron chi connectivity index (χ2n) is 8.35. The average Bonchev–Trinajstić information content (AvgIpc) is 2.43. The lowest BCUT2D eigenvalue weighted by molar-refractivity contribution is 0.0367. The molecule has 118 valence electrons. The molecule has 1 nitrogen and oxygen atoms in total. The summed E-state index contributed by atoms with van der Waals surface area (Å²) in [5.74, 6) is 0.801. The third-order valence-corrected chi connectivity index (χ3v) is 5.80. The van der Waals surface area contributed by atoms with Crippen molar-refractivity contribution < 1.29 is 5.11 Å². The van der Waals surface area contributed by atoms with Gasteiger partial charge in [-0.05, 0) is 79.4 Å². The van der Waals surface area contributed by atoms with Gasteiger partial charge in [0.15, 0.2) is 0 Å². The van der Waals surface area contributed by atoms with Gasteiger partial charge in [0.25, 0.3) is 0 Å². The Morgan fingerprint density at radius 3 is 2.05 bits per heavy atom. The van der Waals surface area contributed by atoms with Crippen LogP contribution in [0.2, 0.25) is 0 Å². The number of rotatable bonds is 3. The van der Waals surface area contributed by atoms with Gasteiger partial charge in [-0.3, -0.25) is 0 Å². The van der Waals surface area contributed by atoms with Gasteiger partial charge >= 0.3 is 0 Å². The molecule has 0 spiro atoms. The largest absolute Gasteiger partial charge is 0.396 e. The molecule has 1 heteroatoms. The van der Waals surface area contributed by atoms with E-state index < -0.39 is 0 Å². The smallest absolute Gasteiger partial charge is 0.0490 e. The van der Waals surface area contributed by atoms with E-state index in [0.29, 0.717) is 12.0 Å². The molecule has 0 saturated heterocycles. The molecule has 0 aliphatic heterocycles. The molecule has 0 radical (unpaired) electrons. The lowest BCUT2D eigenvalue weighted by Crippen LogP contribution is -2.37. The van der Waals surface area contributed by atoms with Crippen molar-refractivity contribution in [1.29, 1.82) is 0 Å². The van der Waals surface area contributed by atoms with Crippen molar-refractivity contribution in [3.8, 4) is 0 Å². The van der Waals surface area contributed by atoms with Crippen molar-refractivity contribution in [1.82, 2.24) is 0 Å². The quantitative estimate of drug-likeness (QED) is 0.824. The van der Waals surface area contributed by atoms with Gasteiger partial charge in [-0.2, -0.15) is 0 Å². The van der Waals surface area contributed by atoms with E-state index in [-0.39, 0.29) is 5.41 Å². The Hall–Kier alpha value is -0.820. The van der Waals surface area contributed by atoms with E-state index >= 15 is 0 Å². The SMILES string of the molecule is Cc1cccc(C)c1CC1(CO)CCC(C(C)(C)C)CC1. The lowest BCUT2D eigenvalue weighted by atomic mass is 9.62. The highest BCUT2D eigenvalue weighted by Gasteiger charge is 2.38. The van der Waals surface area contributed by atoms with Gasteiger partial charge in [-0.1, -0.05) is 39.0 Å². The van der Waals surface area contributed by atoms with Crippen LogP contribution in [0.1, 0.15) is 63.1 Å². The van der Waals surface area contributed by atoms with E-state index in [1.165, 1.54) is 42.4 Å². The first-order valence-electron chi connectivity index (χ1n) is 8.43. The summed E-state index contributed by atoms with van der Waals surface area (Å²) in [6, 6.07) is 6.54. The Labute approximate surface area is 130 Å². The fraction of sp³-hybridized carbons (Fsp3) is 0.700. The predicted octanol–water partition coefficient (Wildman–Crippen LogP) is 5.06. The summed E-state index contributed by atoms with van der Waals surface area (Å²) >= 11 is 0. The summed E-state index contributed by atoms with van der Waals surface area (Å²) in [6.45, 7) is 11.8. The number of aliphatic hydroxyl groups excluding tert-OH is 1. The number of aliphatic hydroxyl groups is 1.